The van der Waals surface area contributed by atoms with Crippen molar-refractivity contribution in [1.82, 2.24) is 9.80 Å². The third-order valence-electron chi connectivity index (χ3n) is 7.50. The van der Waals surface area contributed by atoms with Gasteiger partial charge in [-0.2, -0.15) is 0 Å². The first kappa shape index (κ1) is 24.2. The molecule has 180 valence electrons. The number of rotatable bonds is 8. The van der Waals surface area contributed by atoms with Gasteiger partial charge in [-0.3, -0.25) is 14.4 Å². The third-order valence-corrected chi connectivity index (χ3v) is 7.50. The number of Topliss-reactive ketones (excluding diaryl/α,β-unsaturated/α-hetero) is 1. The normalized spacial score (nSPS) is 24.2. The first-order chi connectivity index (χ1) is 16.4. The zero-order chi connectivity index (χ0) is 24.2. The Labute approximate surface area is 203 Å². The average Bonchev–Trinajstić information content (AvgIpc) is 2.82. The second-order valence-corrected chi connectivity index (χ2v) is 10.2. The predicted octanol–water partition coefficient (Wildman–Crippen LogP) is 4.30. The molecular weight excluding hydrogens is 424 g/mol. The topological polar surface area (TPSA) is 57.7 Å². The van der Waals surface area contributed by atoms with E-state index in [1.54, 1.807) is 0 Å². The molecule has 2 fully saturated rings. The maximum Gasteiger partial charge on any atom is 0.227 e. The largest absolute Gasteiger partial charge is 0.340 e. The molecule has 2 amide bonds. The van der Waals surface area contributed by atoms with E-state index in [4.69, 9.17) is 0 Å². The van der Waals surface area contributed by atoms with Gasteiger partial charge in [0, 0.05) is 26.2 Å². The summed E-state index contributed by atoms with van der Waals surface area (Å²) in [5, 5.41) is 0. The summed E-state index contributed by atoms with van der Waals surface area (Å²) >= 11 is 0. The number of nitrogens with zero attached hydrogens (tertiary/aromatic N) is 2. The predicted molar refractivity (Wildman–Crippen MR) is 133 cm³/mol. The van der Waals surface area contributed by atoms with Gasteiger partial charge in [0.2, 0.25) is 11.8 Å². The number of fused-ring (bicyclic) bond motifs is 2. The van der Waals surface area contributed by atoms with E-state index < -0.39 is 10.8 Å². The number of piperidine rings is 2. The van der Waals surface area contributed by atoms with E-state index in [9.17, 15) is 14.4 Å². The molecule has 0 radical (unpaired) electrons. The summed E-state index contributed by atoms with van der Waals surface area (Å²) < 4.78 is 0. The highest BCUT2D eigenvalue weighted by Crippen LogP contribution is 2.47. The molecule has 2 aromatic rings. The van der Waals surface area contributed by atoms with Crippen LogP contribution in [0.5, 0.6) is 0 Å². The van der Waals surface area contributed by atoms with Crippen LogP contribution in [0.3, 0.4) is 0 Å². The number of likely N-dealkylation sites (tertiary alicyclic amines) is 2. The van der Waals surface area contributed by atoms with Crippen molar-refractivity contribution in [1.29, 1.82) is 0 Å². The maximum atomic E-state index is 14.0. The second-order valence-electron chi connectivity index (χ2n) is 10.2. The average molecular weight is 461 g/mol. The lowest BCUT2D eigenvalue weighted by Crippen LogP contribution is -2.71. The van der Waals surface area contributed by atoms with Crippen molar-refractivity contribution in [2.24, 2.45) is 10.8 Å². The SMILES string of the molecule is CCCC12CN(C(=O)Cc3ccccc3)CC(CCC)(CN(C(=O)Cc3ccccc3)C1)C2=O. The van der Waals surface area contributed by atoms with E-state index in [-0.39, 0.29) is 17.6 Å². The first-order valence-corrected chi connectivity index (χ1v) is 12.6. The highest BCUT2D eigenvalue weighted by Gasteiger charge is 2.60. The molecule has 2 aliphatic rings. The Morgan fingerprint density at radius 3 is 1.35 bits per heavy atom. The van der Waals surface area contributed by atoms with Gasteiger partial charge < -0.3 is 9.80 Å². The molecule has 0 atom stereocenters. The quantitative estimate of drug-likeness (QED) is 0.590. The molecule has 2 aromatic carbocycles. The van der Waals surface area contributed by atoms with E-state index >= 15 is 0 Å². The van der Waals surface area contributed by atoms with Crippen molar-refractivity contribution in [2.45, 2.75) is 52.4 Å². The number of benzene rings is 2. The maximum absolute atomic E-state index is 14.0. The summed E-state index contributed by atoms with van der Waals surface area (Å²) in [6, 6.07) is 19.6. The van der Waals surface area contributed by atoms with Crippen LogP contribution in [0.2, 0.25) is 0 Å². The van der Waals surface area contributed by atoms with Gasteiger partial charge in [0.25, 0.3) is 0 Å². The molecule has 4 rings (SSSR count). The monoisotopic (exact) mass is 460 g/mol. The fraction of sp³-hybridized carbons (Fsp3) is 0.483. The number of carbonyl (C=O) groups is 3. The first-order valence-electron chi connectivity index (χ1n) is 12.6. The second kappa shape index (κ2) is 10.1. The highest BCUT2D eigenvalue weighted by molar-refractivity contribution is 5.96. The number of ketones is 1. The lowest BCUT2D eigenvalue weighted by Gasteiger charge is -2.57. The number of hydrogen-bond donors (Lipinski definition) is 0. The molecule has 34 heavy (non-hydrogen) atoms. The lowest BCUT2D eigenvalue weighted by atomic mass is 9.59. The number of hydrogen-bond acceptors (Lipinski definition) is 3. The third kappa shape index (κ3) is 4.79. The number of amides is 2. The fourth-order valence-corrected chi connectivity index (χ4v) is 6.14. The summed E-state index contributed by atoms with van der Waals surface area (Å²) in [7, 11) is 0. The Kier molecular flexibility index (Phi) is 7.20. The van der Waals surface area contributed by atoms with Gasteiger partial charge in [0.1, 0.15) is 0 Å². The summed E-state index contributed by atoms with van der Waals surface area (Å²) in [5.74, 6) is 0.420. The van der Waals surface area contributed by atoms with Gasteiger partial charge in [0.15, 0.2) is 5.78 Å². The van der Waals surface area contributed by atoms with Crippen molar-refractivity contribution in [2.75, 3.05) is 26.2 Å². The smallest absolute Gasteiger partial charge is 0.227 e. The summed E-state index contributed by atoms with van der Waals surface area (Å²) in [4.78, 5) is 44.6. The summed E-state index contributed by atoms with van der Waals surface area (Å²) in [6.45, 7) is 5.80. The van der Waals surface area contributed by atoms with Crippen molar-refractivity contribution in [3.05, 3.63) is 71.8 Å². The van der Waals surface area contributed by atoms with Crippen LogP contribution in [0, 0.1) is 10.8 Å². The zero-order valence-corrected chi connectivity index (χ0v) is 20.5. The number of carbonyl (C=O) groups excluding carboxylic acids is 3. The zero-order valence-electron chi connectivity index (χ0n) is 20.5. The lowest BCUT2D eigenvalue weighted by molar-refractivity contribution is -0.170. The molecule has 5 heteroatoms. The standard InChI is InChI=1S/C29H36N2O3/c1-3-15-28-19-30(25(32)17-23-11-7-5-8-12-23)21-29(16-4-2,27(28)34)22-31(20-28)26(33)18-24-13-9-6-10-14-24/h5-14H,3-4,15-22H2,1-2H3. The molecular formula is C29H36N2O3. The van der Waals surface area contributed by atoms with Crippen molar-refractivity contribution >= 4 is 17.6 Å². The fourth-order valence-electron chi connectivity index (χ4n) is 6.14. The van der Waals surface area contributed by atoms with Crippen LogP contribution >= 0.6 is 0 Å². The minimum atomic E-state index is -0.681. The van der Waals surface area contributed by atoms with Gasteiger partial charge in [-0.05, 0) is 24.0 Å². The molecule has 0 spiro atoms. The van der Waals surface area contributed by atoms with Crippen molar-refractivity contribution in [3.8, 4) is 0 Å². The Bertz CT molecular complexity index is 925. The minimum Gasteiger partial charge on any atom is -0.340 e. The highest BCUT2D eigenvalue weighted by atomic mass is 16.2. The molecule has 0 saturated carbocycles. The van der Waals surface area contributed by atoms with Crippen LogP contribution in [0.1, 0.15) is 50.7 Å². The van der Waals surface area contributed by atoms with Crippen LogP contribution in [-0.4, -0.2) is 53.6 Å². The Balaban J connectivity index is 1.62. The Morgan fingerprint density at radius 2 is 1.03 bits per heavy atom. The molecule has 2 bridgehead atoms. The Morgan fingerprint density at radius 1 is 0.676 bits per heavy atom. The van der Waals surface area contributed by atoms with E-state index in [1.165, 1.54) is 0 Å². The van der Waals surface area contributed by atoms with Gasteiger partial charge in [-0.15, -0.1) is 0 Å². The van der Waals surface area contributed by atoms with E-state index in [0.717, 1.165) is 24.0 Å². The Hall–Kier alpha value is -2.95. The van der Waals surface area contributed by atoms with Crippen LogP contribution in [0.25, 0.3) is 0 Å². The van der Waals surface area contributed by atoms with Gasteiger partial charge >= 0.3 is 0 Å². The summed E-state index contributed by atoms with van der Waals surface area (Å²) in [5.41, 5.74) is 0.615. The molecule has 0 aromatic heterocycles. The molecule has 0 unspecified atom stereocenters. The van der Waals surface area contributed by atoms with E-state index in [1.807, 2.05) is 70.5 Å². The van der Waals surface area contributed by atoms with Gasteiger partial charge in [-0.25, -0.2) is 0 Å². The van der Waals surface area contributed by atoms with Crippen molar-refractivity contribution < 1.29 is 14.4 Å². The molecule has 0 N–H and O–H groups in total. The molecule has 5 nitrogen and oxygen atoms in total. The van der Waals surface area contributed by atoms with Crippen LogP contribution in [-0.2, 0) is 27.2 Å². The molecule has 2 saturated heterocycles. The van der Waals surface area contributed by atoms with Crippen molar-refractivity contribution in [3.63, 3.8) is 0 Å². The molecule has 0 aliphatic carbocycles. The molecule has 2 heterocycles. The van der Waals surface area contributed by atoms with Crippen LogP contribution in [0.15, 0.2) is 60.7 Å². The van der Waals surface area contributed by atoms with Gasteiger partial charge in [-0.1, -0.05) is 87.4 Å². The molecule has 2 aliphatic heterocycles. The van der Waals surface area contributed by atoms with Crippen LogP contribution < -0.4 is 0 Å². The van der Waals surface area contributed by atoms with Gasteiger partial charge in [0.05, 0.1) is 23.7 Å². The van der Waals surface area contributed by atoms with E-state index in [2.05, 4.69) is 13.8 Å². The summed E-state index contributed by atoms with van der Waals surface area (Å²) in [6.07, 6.45) is 3.76. The van der Waals surface area contributed by atoms with Crippen LogP contribution in [0.4, 0.5) is 0 Å². The van der Waals surface area contributed by atoms with E-state index in [0.29, 0.717) is 51.9 Å². The minimum absolute atomic E-state index is 0.0729.